The predicted molar refractivity (Wildman–Crippen MR) is 61.3 cm³/mol. The van der Waals surface area contributed by atoms with E-state index in [2.05, 4.69) is 5.32 Å². The van der Waals surface area contributed by atoms with Crippen molar-refractivity contribution >= 4 is 12.0 Å². The lowest BCUT2D eigenvalue weighted by atomic mass is 10.3. The molecule has 2 amide bonds. The molecule has 10 heteroatoms. The third kappa shape index (κ3) is 8.53. The quantitative estimate of drug-likeness (QED) is 0.673. The summed E-state index contributed by atoms with van der Waals surface area (Å²) < 4.78 is 46.4. The van der Waals surface area contributed by atoms with E-state index >= 15 is 0 Å². The Kier molecular flexibility index (Phi) is 7.92. The van der Waals surface area contributed by atoms with Crippen molar-refractivity contribution in [2.45, 2.75) is 12.3 Å². The Bertz CT molecular complexity index is 325. The average molecular weight is 302 g/mol. The molecule has 20 heavy (non-hydrogen) atoms. The SMILES string of the molecule is COCC(CNC(=O)N(CC(=O)O)CC(F)(F)F)OC. The minimum absolute atomic E-state index is 0.100. The predicted octanol–water partition coefficient (Wildman–Crippen LogP) is 0.306. The number of methoxy groups -OCH3 is 2. The van der Waals surface area contributed by atoms with Crippen LogP contribution in [0.15, 0.2) is 0 Å². The van der Waals surface area contributed by atoms with Gasteiger partial charge in [-0.3, -0.25) is 4.79 Å². The molecule has 0 heterocycles. The number of nitrogens with zero attached hydrogens (tertiary/aromatic N) is 1. The molecule has 0 spiro atoms. The van der Waals surface area contributed by atoms with Gasteiger partial charge in [0.15, 0.2) is 0 Å². The number of alkyl halides is 3. The highest BCUT2D eigenvalue weighted by molar-refractivity contribution is 5.80. The van der Waals surface area contributed by atoms with Gasteiger partial charge >= 0.3 is 18.2 Å². The second-order valence-corrected chi connectivity index (χ2v) is 3.86. The zero-order chi connectivity index (χ0) is 15.8. The van der Waals surface area contributed by atoms with Gasteiger partial charge in [-0.05, 0) is 0 Å². The zero-order valence-corrected chi connectivity index (χ0v) is 11.1. The molecule has 0 aromatic rings. The fraction of sp³-hybridized carbons (Fsp3) is 0.800. The van der Waals surface area contributed by atoms with Crippen molar-refractivity contribution in [2.75, 3.05) is 40.5 Å². The van der Waals surface area contributed by atoms with Crippen molar-refractivity contribution in [2.24, 2.45) is 0 Å². The molecule has 0 radical (unpaired) electrons. The van der Waals surface area contributed by atoms with Gasteiger partial charge in [-0.15, -0.1) is 0 Å². The number of carboxylic acids is 1. The first-order valence-electron chi connectivity index (χ1n) is 5.52. The standard InChI is InChI=1S/C10H17F3N2O5/c1-19-5-7(20-2)3-14-9(18)15(4-8(16)17)6-10(11,12)13/h7H,3-6H2,1-2H3,(H,14,18)(H,16,17). The first kappa shape index (κ1) is 18.4. The zero-order valence-electron chi connectivity index (χ0n) is 11.1. The number of aliphatic carboxylic acids is 1. The third-order valence-corrected chi connectivity index (χ3v) is 2.15. The number of hydrogen-bond donors (Lipinski definition) is 2. The van der Waals surface area contributed by atoms with Crippen LogP contribution in [0.1, 0.15) is 0 Å². The highest BCUT2D eigenvalue weighted by Gasteiger charge is 2.34. The number of amides is 2. The number of nitrogens with one attached hydrogen (secondary N) is 1. The minimum Gasteiger partial charge on any atom is -0.480 e. The van der Waals surface area contributed by atoms with Gasteiger partial charge in [-0.25, -0.2) is 4.79 Å². The van der Waals surface area contributed by atoms with E-state index in [4.69, 9.17) is 14.6 Å². The summed E-state index contributed by atoms with van der Waals surface area (Å²) in [4.78, 5) is 22.2. The fourth-order valence-electron chi connectivity index (χ4n) is 1.29. The number of ether oxygens (including phenoxy) is 2. The molecule has 0 aromatic carbocycles. The number of carboxylic acid groups (broad SMARTS) is 1. The van der Waals surface area contributed by atoms with Crippen LogP contribution in [0.3, 0.4) is 0 Å². The summed E-state index contributed by atoms with van der Waals surface area (Å²) in [6, 6.07) is -1.14. The summed E-state index contributed by atoms with van der Waals surface area (Å²) in [6.45, 7) is -2.66. The number of carbonyl (C=O) groups excluding carboxylic acids is 1. The van der Waals surface area contributed by atoms with E-state index in [-0.39, 0.29) is 18.1 Å². The minimum atomic E-state index is -4.68. The molecule has 0 aromatic heterocycles. The summed E-state index contributed by atoms with van der Waals surface area (Å²) in [5.74, 6) is -1.54. The second-order valence-electron chi connectivity index (χ2n) is 3.86. The Hall–Kier alpha value is -1.55. The van der Waals surface area contributed by atoms with E-state index in [1.165, 1.54) is 14.2 Å². The number of halogens is 3. The van der Waals surface area contributed by atoms with Gasteiger partial charge in [0, 0.05) is 20.8 Å². The van der Waals surface area contributed by atoms with Crippen LogP contribution >= 0.6 is 0 Å². The second kappa shape index (κ2) is 8.59. The molecule has 1 atom stereocenters. The maximum atomic E-state index is 12.2. The van der Waals surface area contributed by atoms with Crippen LogP contribution in [0, 0.1) is 0 Å². The maximum absolute atomic E-state index is 12.2. The molecular weight excluding hydrogens is 285 g/mol. The van der Waals surface area contributed by atoms with Crippen molar-refractivity contribution in [1.29, 1.82) is 0 Å². The Labute approximate surface area is 113 Å². The van der Waals surface area contributed by atoms with Crippen LogP contribution in [0.4, 0.5) is 18.0 Å². The highest BCUT2D eigenvalue weighted by Crippen LogP contribution is 2.16. The molecule has 0 rings (SSSR count). The summed E-state index contributed by atoms with van der Waals surface area (Å²) in [7, 11) is 2.74. The van der Waals surface area contributed by atoms with Crippen LogP contribution in [-0.2, 0) is 14.3 Å². The van der Waals surface area contributed by atoms with Crippen LogP contribution in [-0.4, -0.2) is 74.7 Å². The molecular formula is C10H17F3N2O5. The van der Waals surface area contributed by atoms with Gasteiger partial charge in [0.25, 0.3) is 0 Å². The number of rotatable bonds is 8. The Morgan fingerprint density at radius 1 is 1.35 bits per heavy atom. The van der Waals surface area contributed by atoms with Crippen LogP contribution in [0.5, 0.6) is 0 Å². The number of carbonyl (C=O) groups is 2. The molecule has 0 saturated carbocycles. The number of hydrogen-bond acceptors (Lipinski definition) is 4. The lowest BCUT2D eigenvalue weighted by molar-refractivity contribution is -0.149. The van der Waals surface area contributed by atoms with Crippen molar-refractivity contribution in [3.8, 4) is 0 Å². The topological polar surface area (TPSA) is 88.1 Å². The molecule has 2 N–H and O–H groups in total. The van der Waals surface area contributed by atoms with E-state index in [1.807, 2.05) is 0 Å². The monoisotopic (exact) mass is 302 g/mol. The summed E-state index contributed by atoms with van der Waals surface area (Å²) in [6.07, 6.45) is -5.22. The van der Waals surface area contributed by atoms with Gasteiger partial charge in [0.1, 0.15) is 13.1 Å². The van der Waals surface area contributed by atoms with E-state index in [0.29, 0.717) is 0 Å². The molecule has 0 saturated heterocycles. The summed E-state index contributed by atoms with van der Waals surface area (Å²) >= 11 is 0. The molecule has 7 nitrogen and oxygen atoms in total. The van der Waals surface area contributed by atoms with Crippen molar-refractivity contribution in [3.05, 3.63) is 0 Å². The Morgan fingerprint density at radius 2 is 1.95 bits per heavy atom. The fourth-order valence-corrected chi connectivity index (χ4v) is 1.29. The Morgan fingerprint density at radius 3 is 2.35 bits per heavy atom. The van der Waals surface area contributed by atoms with Crippen molar-refractivity contribution < 1.29 is 37.3 Å². The highest BCUT2D eigenvalue weighted by atomic mass is 19.4. The maximum Gasteiger partial charge on any atom is 0.406 e. The lowest BCUT2D eigenvalue weighted by Gasteiger charge is -2.23. The molecule has 1 unspecified atom stereocenters. The van der Waals surface area contributed by atoms with Crippen LogP contribution in [0.25, 0.3) is 0 Å². The van der Waals surface area contributed by atoms with Gasteiger partial charge in [-0.2, -0.15) is 13.2 Å². The smallest absolute Gasteiger partial charge is 0.406 e. The van der Waals surface area contributed by atoms with Crippen molar-refractivity contribution in [3.63, 3.8) is 0 Å². The van der Waals surface area contributed by atoms with E-state index in [9.17, 15) is 22.8 Å². The van der Waals surface area contributed by atoms with Gasteiger partial charge < -0.3 is 24.8 Å². The van der Waals surface area contributed by atoms with Gasteiger partial charge in [0.2, 0.25) is 0 Å². The summed E-state index contributed by atoms with van der Waals surface area (Å²) in [5.41, 5.74) is 0. The van der Waals surface area contributed by atoms with E-state index < -0.39 is 37.4 Å². The third-order valence-electron chi connectivity index (χ3n) is 2.15. The summed E-state index contributed by atoms with van der Waals surface area (Å²) in [5, 5.41) is 10.7. The molecule has 0 aliphatic carbocycles. The molecule has 0 fully saturated rings. The van der Waals surface area contributed by atoms with E-state index in [1.54, 1.807) is 0 Å². The van der Waals surface area contributed by atoms with Crippen LogP contribution < -0.4 is 5.32 Å². The molecule has 0 aliphatic rings. The average Bonchev–Trinajstić information content (AvgIpc) is 2.30. The first-order chi connectivity index (χ1) is 9.19. The van der Waals surface area contributed by atoms with Crippen molar-refractivity contribution in [1.82, 2.24) is 10.2 Å². The van der Waals surface area contributed by atoms with E-state index in [0.717, 1.165) is 0 Å². The molecule has 118 valence electrons. The normalized spacial score (nSPS) is 12.8. The Balaban J connectivity index is 4.50. The largest absolute Gasteiger partial charge is 0.480 e. The van der Waals surface area contributed by atoms with Gasteiger partial charge in [-0.1, -0.05) is 0 Å². The number of urea groups is 1. The molecule has 0 bridgehead atoms. The van der Waals surface area contributed by atoms with Crippen LogP contribution in [0.2, 0.25) is 0 Å². The van der Waals surface area contributed by atoms with Gasteiger partial charge in [0.05, 0.1) is 12.7 Å². The lowest BCUT2D eigenvalue weighted by Crippen LogP contribution is -2.49. The molecule has 0 aliphatic heterocycles. The first-order valence-corrected chi connectivity index (χ1v) is 5.52.